The fraction of sp³-hybridized carbons (Fsp3) is 0.520. The van der Waals surface area contributed by atoms with Crippen LogP contribution in [0.3, 0.4) is 0 Å². The van der Waals surface area contributed by atoms with Crippen molar-refractivity contribution >= 4 is 58.4 Å². The average Bonchev–Trinajstić information content (AvgIpc) is 3.11. The third kappa shape index (κ3) is 7.81. The zero-order chi connectivity index (χ0) is 26.8. The van der Waals surface area contributed by atoms with Gasteiger partial charge < -0.3 is 13.7 Å². The highest BCUT2D eigenvalue weighted by atomic mass is 127. The largest absolute Gasteiger partial charge is 0.356 e. The molecule has 1 aromatic rings. The molecule has 1 fully saturated rings. The summed E-state index contributed by atoms with van der Waals surface area (Å²) in [5, 5.41) is 7.81. The van der Waals surface area contributed by atoms with E-state index < -0.39 is 29.7 Å². The number of carbonyl (C=O) groups excluding carboxylic acids is 6. The van der Waals surface area contributed by atoms with Crippen molar-refractivity contribution in [1.29, 1.82) is 0 Å². The first-order chi connectivity index (χ1) is 17.8. The van der Waals surface area contributed by atoms with Crippen molar-refractivity contribution in [1.82, 2.24) is 20.9 Å². The van der Waals surface area contributed by atoms with Crippen molar-refractivity contribution in [2.45, 2.75) is 63.8 Å². The lowest BCUT2D eigenvalue weighted by Crippen LogP contribution is -2.54. The summed E-state index contributed by atoms with van der Waals surface area (Å²) in [5.41, 5.74) is 0.739. The van der Waals surface area contributed by atoms with Crippen LogP contribution < -0.4 is 16.0 Å². The van der Waals surface area contributed by atoms with E-state index in [1.165, 1.54) is 6.07 Å². The first kappa shape index (κ1) is 28.7. The molecule has 3 N–H and O–H groups in total. The topological polar surface area (TPSA) is 151 Å². The van der Waals surface area contributed by atoms with Crippen LogP contribution in [0, 0.1) is 0 Å². The lowest BCUT2D eigenvalue weighted by Gasteiger charge is -2.27. The summed E-state index contributed by atoms with van der Waals surface area (Å²) in [5.74, 6) is -2.67. The molecule has 1 unspecified atom stereocenters. The molecule has 3 rings (SSSR count). The van der Waals surface area contributed by atoms with Gasteiger partial charge in [-0.25, -0.2) is 0 Å². The summed E-state index contributed by atoms with van der Waals surface area (Å²) in [6.07, 6.45) is 5.85. The van der Waals surface area contributed by atoms with Gasteiger partial charge in [0.1, 0.15) is 35.7 Å². The minimum absolute atomic E-state index is 0.0476. The van der Waals surface area contributed by atoms with Crippen LogP contribution in [0.15, 0.2) is 18.2 Å². The Hall–Kier alpha value is -2.87. The van der Waals surface area contributed by atoms with Crippen molar-refractivity contribution in [2.24, 2.45) is 0 Å². The Kier molecular flexibility index (Phi) is 11.0. The number of nitrogens with one attached hydrogen (secondary N) is 3. The number of fused-ring (bicyclic) bond motifs is 1. The van der Waals surface area contributed by atoms with Crippen LogP contribution in [0.25, 0.3) is 0 Å². The van der Waals surface area contributed by atoms with Crippen LogP contribution in [-0.2, 0) is 28.7 Å². The van der Waals surface area contributed by atoms with E-state index in [0.29, 0.717) is 18.7 Å². The Bertz CT molecular complexity index is 1060. The van der Waals surface area contributed by atoms with Gasteiger partial charge in [-0.3, -0.25) is 39.0 Å². The van der Waals surface area contributed by atoms with Crippen LogP contribution in [0.4, 0.5) is 0 Å². The van der Waals surface area contributed by atoms with Gasteiger partial charge in [-0.2, -0.15) is 0 Å². The molecule has 0 radical (unpaired) electrons. The highest BCUT2D eigenvalue weighted by molar-refractivity contribution is 14.1. The van der Waals surface area contributed by atoms with Crippen molar-refractivity contribution < 1.29 is 31.8 Å². The van der Waals surface area contributed by atoms with E-state index in [1.807, 2.05) is 0 Å². The molecule has 11 nitrogen and oxygen atoms in total. The van der Waals surface area contributed by atoms with Gasteiger partial charge in [-0.15, -0.1) is 0 Å². The zero-order valence-electron chi connectivity index (χ0n) is 20.5. The van der Waals surface area contributed by atoms with E-state index in [-0.39, 0.29) is 48.8 Å². The molecular formula is C25H31IN4O7. The molecule has 200 valence electrons. The summed E-state index contributed by atoms with van der Waals surface area (Å²) < 4.78 is 4.72. The highest BCUT2D eigenvalue weighted by Crippen LogP contribution is 2.30. The van der Waals surface area contributed by atoms with Crippen LogP contribution in [0.1, 0.15) is 77.6 Å². The highest BCUT2D eigenvalue weighted by Gasteiger charge is 2.45. The van der Waals surface area contributed by atoms with Crippen molar-refractivity contribution in [3.05, 3.63) is 34.9 Å². The normalized spacial score (nSPS) is 17.0. The second kappa shape index (κ2) is 14.2. The van der Waals surface area contributed by atoms with Crippen molar-refractivity contribution in [2.75, 3.05) is 19.7 Å². The molecule has 1 aromatic carbocycles. The Morgan fingerprint density at radius 1 is 0.946 bits per heavy atom. The number of amides is 6. The van der Waals surface area contributed by atoms with Crippen LogP contribution in [0.2, 0.25) is 0 Å². The molecule has 0 aromatic heterocycles. The van der Waals surface area contributed by atoms with Gasteiger partial charge in [0.2, 0.25) is 23.6 Å². The first-order valence-corrected chi connectivity index (χ1v) is 13.3. The molecule has 6 amide bonds. The van der Waals surface area contributed by atoms with Crippen molar-refractivity contribution in [3.63, 3.8) is 0 Å². The number of halogens is 1. The summed E-state index contributed by atoms with van der Waals surface area (Å²) in [6.45, 7) is 1.21. The molecule has 2 aliphatic rings. The van der Waals surface area contributed by atoms with Gasteiger partial charge in [0.05, 0.1) is 17.5 Å². The van der Waals surface area contributed by atoms with E-state index in [0.717, 1.165) is 43.4 Å². The van der Waals surface area contributed by atoms with Crippen LogP contribution >= 0.6 is 23.0 Å². The molecule has 0 bridgehead atoms. The SMILES string of the molecule is O=C(COI)NCCCCCCCCNC(=O)Cc1cccc2c1C(=O)N(C1CCC(=O)NC1=O)C2=O. The number of nitrogens with zero attached hydrogens (tertiary/aromatic N) is 1. The van der Waals surface area contributed by atoms with Gasteiger partial charge in [0.25, 0.3) is 11.8 Å². The van der Waals surface area contributed by atoms with Crippen LogP contribution in [-0.4, -0.2) is 66.1 Å². The number of piperidine rings is 1. The van der Waals surface area contributed by atoms with Crippen LogP contribution in [0.5, 0.6) is 0 Å². The number of hydrogen-bond acceptors (Lipinski definition) is 7. The molecule has 2 heterocycles. The Labute approximate surface area is 229 Å². The zero-order valence-corrected chi connectivity index (χ0v) is 22.6. The molecule has 12 heteroatoms. The maximum atomic E-state index is 13.1. The van der Waals surface area contributed by atoms with Gasteiger partial charge in [-0.1, -0.05) is 37.8 Å². The Morgan fingerprint density at radius 3 is 2.24 bits per heavy atom. The smallest absolute Gasteiger partial charge is 0.262 e. The molecule has 1 atom stereocenters. The minimum Gasteiger partial charge on any atom is -0.356 e. The van der Waals surface area contributed by atoms with Crippen molar-refractivity contribution in [3.8, 4) is 0 Å². The van der Waals surface area contributed by atoms with E-state index >= 15 is 0 Å². The number of hydrogen-bond donors (Lipinski definition) is 3. The van der Waals surface area contributed by atoms with E-state index in [4.69, 9.17) is 3.07 Å². The number of rotatable bonds is 14. The summed E-state index contributed by atoms with van der Waals surface area (Å²) >= 11 is 1.68. The predicted octanol–water partition coefficient (Wildman–Crippen LogP) is 1.57. The van der Waals surface area contributed by atoms with Gasteiger partial charge in [-0.05, 0) is 30.9 Å². The van der Waals surface area contributed by atoms with Gasteiger partial charge in [0.15, 0.2) is 0 Å². The summed E-state index contributed by atoms with van der Waals surface area (Å²) in [4.78, 5) is 74.4. The number of unbranched alkanes of at least 4 members (excludes halogenated alkanes) is 5. The maximum Gasteiger partial charge on any atom is 0.262 e. The third-order valence-electron chi connectivity index (χ3n) is 6.34. The van der Waals surface area contributed by atoms with Gasteiger partial charge in [0, 0.05) is 19.5 Å². The fourth-order valence-corrected chi connectivity index (χ4v) is 4.76. The fourth-order valence-electron chi connectivity index (χ4n) is 4.48. The standard InChI is InChI=1S/C25H31IN4O7/c26-37-15-21(33)28-13-6-4-2-1-3-5-12-27-20(32)14-16-8-7-9-17-22(16)25(36)30(24(17)35)18-10-11-19(31)29-23(18)34/h7-9,18H,1-6,10-15H2,(H,27,32)(H,28,33)(H,29,31,34). The lowest BCUT2D eigenvalue weighted by molar-refractivity contribution is -0.136. The quantitative estimate of drug-likeness (QED) is 0.161. The first-order valence-electron chi connectivity index (χ1n) is 12.4. The second-order valence-electron chi connectivity index (χ2n) is 9.04. The Balaban J connectivity index is 1.40. The average molecular weight is 626 g/mol. The minimum atomic E-state index is -1.04. The molecular weight excluding hydrogens is 595 g/mol. The molecule has 0 spiro atoms. The molecule has 0 aliphatic carbocycles. The summed E-state index contributed by atoms with van der Waals surface area (Å²) in [7, 11) is 0. The van der Waals surface area contributed by atoms with Gasteiger partial charge >= 0.3 is 0 Å². The number of benzene rings is 1. The monoisotopic (exact) mass is 626 g/mol. The predicted molar refractivity (Wildman–Crippen MR) is 141 cm³/mol. The molecule has 0 saturated carbocycles. The van der Waals surface area contributed by atoms with E-state index in [2.05, 4.69) is 16.0 Å². The maximum absolute atomic E-state index is 13.1. The number of carbonyl (C=O) groups is 6. The molecule has 1 saturated heterocycles. The number of imide groups is 2. The lowest BCUT2D eigenvalue weighted by atomic mass is 10.00. The Morgan fingerprint density at radius 2 is 1.59 bits per heavy atom. The second-order valence-corrected chi connectivity index (χ2v) is 9.66. The van der Waals surface area contributed by atoms with E-state index in [1.54, 1.807) is 35.1 Å². The summed E-state index contributed by atoms with van der Waals surface area (Å²) in [6, 6.07) is 3.72. The molecule has 2 aliphatic heterocycles. The van der Waals surface area contributed by atoms with E-state index in [9.17, 15) is 28.8 Å². The third-order valence-corrected chi connectivity index (χ3v) is 6.65. The molecule has 37 heavy (non-hydrogen) atoms.